The van der Waals surface area contributed by atoms with Crippen LogP contribution in [0.5, 0.6) is 0 Å². The molecule has 3 N–H and O–H groups in total. The number of rotatable bonds is 3. The van der Waals surface area contributed by atoms with E-state index in [1.807, 2.05) is 0 Å². The highest BCUT2D eigenvalue weighted by Gasteiger charge is 2.27. The Morgan fingerprint density at radius 3 is 2.30 bits per heavy atom. The predicted molar refractivity (Wildman–Crippen MR) is 85.1 cm³/mol. The molecule has 0 aliphatic heterocycles. The van der Waals surface area contributed by atoms with Gasteiger partial charge in [-0.3, -0.25) is 0 Å². The number of nitrogens with two attached hydrogens (primary N) is 1. The summed E-state index contributed by atoms with van der Waals surface area (Å²) >= 11 is 0. The molecule has 2 aromatic rings. The zero-order valence-electron chi connectivity index (χ0n) is 12.0. The lowest BCUT2D eigenvalue weighted by Crippen LogP contribution is -2.11. The van der Waals surface area contributed by atoms with Gasteiger partial charge in [0.15, 0.2) is 0 Å². The summed E-state index contributed by atoms with van der Waals surface area (Å²) in [4.78, 5) is 2.10. The van der Waals surface area contributed by atoms with Crippen molar-refractivity contribution in [1.29, 1.82) is 0 Å². The van der Waals surface area contributed by atoms with Gasteiger partial charge in [-0.25, -0.2) is 0 Å². The highest BCUT2D eigenvalue weighted by molar-refractivity contribution is 5.56. The van der Waals surface area contributed by atoms with E-state index in [0.717, 1.165) is 12.1 Å². The topological polar surface area (TPSA) is 41.3 Å². The minimum atomic E-state index is 0.143. The lowest BCUT2D eigenvalue weighted by atomic mass is 10.1. The standard InChI is InChI=1S/C17H21N3/c1-20(2)13-9-7-12(8-10-13)19-17-11-16(18)14-5-3-4-6-15(14)17/h3-10,16-17,19H,11,18H2,1-2H3. The van der Waals surface area contributed by atoms with Gasteiger partial charge in [0.2, 0.25) is 0 Å². The third-order valence-corrected chi connectivity index (χ3v) is 3.99. The van der Waals surface area contributed by atoms with Crippen LogP contribution in [0.4, 0.5) is 11.4 Å². The summed E-state index contributed by atoms with van der Waals surface area (Å²) in [7, 11) is 4.10. The Kier molecular flexibility index (Phi) is 3.36. The monoisotopic (exact) mass is 267 g/mol. The van der Waals surface area contributed by atoms with Gasteiger partial charge in [0.25, 0.3) is 0 Å². The van der Waals surface area contributed by atoms with Crippen LogP contribution in [-0.4, -0.2) is 14.1 Å². The van der Waals surface area contributed by atoms with Crippen molar-refractivity contribution in [2.75, 3.05) is 24.3 Å². The number of hydrogen-bond donors (Lipinski definition) is 2. The second kappa shape index (κ2) is 5.17. The number of hydrogen-bond acceptors (Lipinski definition) is 3. The van der Waals surface area contributed by atoms with Crippen molar-refractivity contribution in [3.05, 3.63) is 59.7 Å². The molecular weight excluding hydrogens is 246 g/mol. The van der Waals surface area contributed by atoms with E-state index in [-0.39, 0.29) is 6.04 Å². The first kappa shape index (κ1) is 13.0. The number of fused-ring (bicyclic) bond motifs is 1. The number of anilines is 2. The summed E-state index contributed by atoms with van der Waals surface area (Å²) in [6.07, 6.45) is 0.953. The first-order valence-corrected chi connectivity index (χ1v) is 7.03. The van der Waals surface area contributed by atoms with Gasteiger partial charge in [0, 0.05) is 31.5 Å². The maximum absolute atomic E-state index is 6.21. The Balaban J connectivity index is 1.79. The third-order valence-electron chi connectivity index (χ3n) is 3.99. The maximum Gasteiger partial charge on any atom is 0.0535 e. The van der Waals surface area contributed by atoms with Crippen molar-refractivity contribution in [3.8, 4) is 0 Å². The van der Waals surface area contributed by atoms with Crippen molar-refractivity contribution < 1.29 is 0 Å². The molecule has 2 aromatic carbocycles. The molecule has 0 heterocycles. The van der Waals surface area contributed by atoms with E-state index in [4.69, 9.17) is 5.73 Å². The first-order valence-electron chi connectivity index (χ1n) is 7.03. The van der Waals surface area contributed by atoms with E-state index in [9.17, 15) is 0 Å². The van der Waals surface area contributed by atoms with E-state index in [2.05, 4.69) is 72.8 Å². The SMILES string of the molecule is CN(C)c1ccc(NC2CC(N)c3ccccc32)cc1. The van der Waals surface area contributed by atoms with Crippen LogP contribution in [0.15, 0.2) is 48.5 Å². The molecule has 2 atom stereocenters. The summed E-state index contributed by atoms with van der Waals surface area (Å²) in [6, 6.07) is 17.4. The van der Waals surface area contributed by atoms with Crippen molar-refractivity contribution >= 4 is 11.4 Å². The highest BCUT2D eigenvalue weighted by Crippen LogP contribution is 2.39. The van der Waals surface area contributed by atoms with Gasteiger partial charge in [0.1, 0.15) is 0 Å². The first-order chi connectivity index (χ1) is 9.65. The summed E-state index contributed by atoms with van der Waals surface area (Å²) in [6.45, 7) is 0. The van der Waals surface area contributed by atoms with Gasteiger partial charge < -0.3 is 16.0 Å². The van der Waals surface area contributed by atoms with Crippen LogP contribution in [0.1, 0.15) is 29.6 Å². The second-order valence-electron chi connectivity index (χ2n) is 5.61. The molecule has 0 aromatic heterocycles. The van der Waals surface area contributed by atoms with E-state index < -0.39 is 0 Å². The van der Waals surface area contributed by atoms with E-state index in [1.165, 1.54) is 16.8 Å². The molecule has 0 saturated heterocycles. The Labute approximate surface area is 120 Å². The molecule has 1 aliphatic carbocycles. The average molecular weight is 267 g/mol. The number of benzene rings is 2. The van der Waals surface area contributed by atoms with Crippen LogP contribution in [0, 0.1) is 0 Å². The molecular formula is C17H21N3. The van der Waals surface area contributed by atoms with Crippen molar-refractivity contribution in [1.82, 2.24) is 0 Å². The summed E-state index contributed by atoms with van der Waals surface area (Å²) in [5.41, 5.74) is 11.2. The van der Waals surface area contributed by atoms with E-state index in [0.29, 0.717) is 6.04 Å². The fourth-order valence-electron chi connectivity index (χ4n) is 2.87. The van der Waals surface area contributed by atoms with Gasteiger partial charge >= 0.3 is 0 Å². The minimum Gasteiger partial charge on any atom is -0.378 e. The molecule has 2 unspecified atom stereocenters. The van der Waals surface area contributed by atoms with Crippen LogP contribution in [0.3, 0.4) is 0 Å². The lowest BCUT2D eigenvalue weighted by molar-refractivity contribution is 0.648. The summed E-state index contributed by atoms with van der Waals surface area (Å²) in [5, 5.41) is 3.60. The van der Waals surface area contributed by atoms with Gasteiger partial charge in [-0.15, -0.1) is 0 Å². The van der Waals surface area contributed by atoms with Crippen LogP contribution in [0.25, 0.3) is 0 Å². The van der Waals surface area contributed by atoms with E-state index >= 15 is 0 Å². The average Bonchev–Trinajstić information content (AvgIpc) is 2.77. The summed E-state index contributed by atoms with van der Waals surface area (Å²) in [5.74, 6) is 0. The molecule has 0 radical (unpaired) electrons. The lowest BCUT2D eigenvalue weighted by Gasteiger charge is -2.17. The molecule has 20 heavy (non-hydrogen) atoms. The minimum absolute atomic E-state index is 0.143. The Morgan fingerprint density at radius 2 is 1.65 bits per heavy atom. The summed E-state index contributed by atoms with van der Waals surface area (Å²) < 4.78 is 0. The zero-order chi connectivity index (χ0) is 14.1. The molecule has 0 saturated carbocycles. The van der Waals surface area contributed by atoms with Gasteiger partial charge in [-0.2, -0.15) is 0 Å². The molecule has 3 nitrogen and oxygen atoms in total. The molecule has 3 rings (SSSR count). The van der Waals surface area contributed by atoms with Crippen LogP contribution in [0.2, 0.25) is 0 Å². The van der Waals surface area contributed by atoms with E-state index in [1.54, 1.807) is 0 Å². The van der Waals surface area contributed by atoms with Crippen molar-refractivity contribution in [3.63, 3.8) is 0 Å². The van der Waals surface area contributed by atoms with Crippen LogP contribution in [-0.2, 0) is 0 Å². The largest absolute Gasteiger partial charge is 0.378 e. The quantitative estimate of drug-likeness (QED) is 0.896. The number of nitrogens with one attached hydrogen (secondary N) is 1. The molecule has 1 aliphatic rings. The van der Waals surface area contributed by atoms with Crippen LogP contribution >= 0.6 is 0 Å². The normalized spacial score (nSPS) is 20.6. The van der Waals surface area contributed by atoms with Gasteiger partial charge in [0.05, 0.1) is 6.04 Å². The Morgan fingerprint density at radius 1 is 1.00 bits per heavy atom. The Hall–Kier alpha value is -2.00. The van der Waals surface area contributed by atoms with Crippen molar-refractivity contribution in [2.24, 2.45) is 5.73 Å². The maximum atomic E-state index is 6.21. The molecule has 0 amide bonds. The van der Waals surface area contributed by atoms with Crippen molar-refractivity contribution in [2.45, 2.75) is 18.5 Å². The molecule has 3 heteroatoms. The molecule has 0 fully saturated rings. The van der Waals surface area contributed by atoms with Gasteiger partial charge in [-0.05, 0) is 41.8 Å². The fourth-order valence-corrected chi connectivity index (χ4v) is 2.87. The second-order valence-corrected chi connectivity index (χ2v) is 5.61. The molecule has 104 valence electrons. The highest BCUT2D eigenvalue weighted by atomic mass is 15.1. The molecule has 0 bridgehead atoms. The van der Waals surface area contributed by atoms with Crippen LogP contribution < -0.4 is 16.0 Å². The van der Waals surface area contributed by atoms with Gasteiger partial charge in [-0.1, -0.05) is 24.3 Å². The number of nitrogens with zero attached hydrogens (tertiary/aromatic N) is 1. The smallest absolute Gasteiger partial charge is 0.0535 e. The third kappa shape index (κ3) is 2.37. The fraction of sp³-hybridized carbons (Fsp3) is 0.294. The molecule has 0 spiro atoms. The Bertz CT molecular complexity index is 589. The zero-order valence-corrected chi connectivity index (χ0v) is 12.0. The predicted octanol–water partition coefficient (Wildman–Crippen LogP) is 3.31.